The molecule has 3 rings (SSSR count). The molecule has 2 amide bonds. The second-order valence-corrected chi connectivity index (χ2v) is 11.5. The summed E-state index contributed by atoms with van der Waals surface area (Å²) in [4.78, 5) is 33.5. The van der Waals surface area contributed by atoms with Crippen molar-refractivity contribution in [2.45, 2.75) is 57.6 Å². The number of benzene rings is 1. The fourth-order valence-electron chi connectivity index (χ4n) is 3.90. The molecule has 1 unspecified atom stereocenters. The quantitative estimate of drug-likeness (QED) is 0.438. The Morgan fingerprint density at radius 1 is 1.11 bits per heavy atom. The van der Waals surface area contributed by atoms with Gasteiger partial charge in [0.1, 0.15) is 11.3 Å². The monoisotopic (exact) mass is 597 g/mol. The molecule has 2 heterocycles. The molecular formula is C24H28Cl2F3N3O5S. The summed E-state index contributed by atoms with van der Waals surface area (Å²) in [5.74, 6) is -1.14. The lowest BCUT2D eigenvalue weighted by atomic mass is 9.79. The zero-order valence-corrected chi connectivity index (χ0v) is 23.6. The van der Waals surface area contributed by atoms with Gasteiger partial charge in [-0.15, -0.1) is 11.3 Å². The number of carbonyl (C=O) groups is 2. The number of hydrogen-bond donors (Lipinski definition) is 3. The molecule has 1 aliphatic rings. The van der Waals surface area contributed by atoms with Crippen LogP contribution in [0, 0.1) is 0 Å². The lowest BCUT2D eigenvalue weighted by molar-refractivity contribution is -0.258. The van der Waals surface area contributed by atoms with Gasteiger partial charge in [-0.3, -0.25) is 9.59 Å². The van der Waals surface area contributed by atoms with Crippen molar-refractivity contribution in [1.29, 1.82) is 0 Å². The maximum Gasteiger partial charge on any atom is 0.421 e. The van der Waals surface area contributed by atoms with Crippen molar-refractivity contribution in [1.82, 2.24) is 14.8 Å². The number of rotatable bonds is 7. The Kier molecular flexibility index (Phi) is 8.22. The van der Waals surface area contributed by atoms with E-state index in [1.165, 1.54) is 29.7 Å². The van der Waals surface area contributed by atoms with E-state index in [1.807, 2.05) is 0 Å². The van der Waals surface area contributed by atoms with Crippen LogP contribution in [0.3, 0.4) is 0 Å². The highest BCUT2D eigenvalue weighted by Gasteiger charge is 2.54. The number of halogens is 5. The highest BCUT2D eigenvalue weighted by atomic mass is 35.5. The van der Waals surface area contributed by atoms with E-state index < -0.39 is 45.4 Å². The van der Waals surface area contributed by atoms with Crippen molar-refractivity contribution in [3.63, 3.8) is 0 Å². The topological polar surface area (TPSA) is 114 Å². The number of amides is 2. The van der Waals surface area contributed by atoms with Gasteiger partial charge >= 0.3 is 6.18 Å². The zero-order chi connectivity index (χ0) is 29.0. The van der Waals surface area contributed by atoms with E-state index in [1.54, 1.807) is 13.8 Å². The largest absolute Gasteiger partial charge is 0.421 e. The first kappa shape index (κ1) is 30.6. The lowest BCUT2D eigenvalue weighted by Gasteiger charge is -2.52. The van der Waals surface area contributed by atoms with Crippen LogP contribution in [0.4, 0.5) is 13.2 Å². The molecule has 3 N–H and O–H groups in total. The predicted octanol–water partition coefficient (Wildman–Crippen LogP) is 4.33. The molecule has 8 nitrogen and oxygen atoms in total. The molecule has 14 heteroatoms. The smallest absolute Gasteiger partial charge is 0.387 e. The molecular weight excluding hydrogens is 570 g/mol. The Hall–Kier alpha value is -1.96. The third-order valence-electron chi connectivity index (χ3n) is 6.80. The van der Waals surface area contributed by atoms with Crippen LogP contribution in [0.5, 0.6) is 0 Å². The fourth-order valence-corrected chi connectivity index (χ4v) is 5.62. The highest BCUT2D eigenvalue weighted by molar-refractivity contribution is 7.17. The number of hydrogen-bond acceptors (Lipinski definition) is 7. The van der Waals surface area contributed by atoms with E-state index in [0.29, 0.717) is 20.0 Å². The molecule has 1 fully saturated rings. The number of aliphatic hydroxyl groups is 3. The molecule has 0 aliphatic carbocycles. The van der Waals surface area contributed by atoms with Gasteiger partial charge in [-0.1, -0.05) is 35.3 Å². The Morgan fingerprint density at radius 3 is 2.13 bits per heavy atom. The van der Waals surface area contributed by atoms with Crippen molar-refractivity contribution in [3.8, 4) is 10.4 Å². The van der Waals surface area contributed by atoms with Crippen LogP contribution in [0.2, 0.25) is 10.0 Å². The van der Waals surface area contributed by atoms with Crippen LogP contribution >= 0.6 is 34.5 Å². The van der Waals surface area contributed by atoms with Crippen LogP contribution < -0.4 is 0 Å². The Morgan fingerprint density at radius 2 is 1.66 bits per heavy atom. The summed E-state index contributed by atoms with van der Waals surface area (Å²) in [6.07, 6.45) is -5.04. The van der Waals surface area contributed by atoms with E-state index in [-0.39, 0.29) is 39.3 Å². The summed E-state index contributed by atoms with van der Waals surface area (Å²) in [6, 6.07) is 2.14. The van der Waals surface area contributed by atoms with E-state index in [9.17, 15) is 38.1 Å². The number of nitrogens with zero attached hydrogens (tertiary/aromatic N) is 3. The average molecular weight is 598 g/mol. The first-order valence-corrected chi connectivity index (χ1v) is 13.2. The van der Waals surface area contributed by atoms with Gasteiger partial charge < -0.3 is 25.1 Å². The number of carbonyl (C=O) groups excluding carboxylic acids is 2. The summed E-state index contributed by atoms with van der Waals surface area (Å²) in [6.45, 7) is 7.18. The summed E-state index contributed by atoms with van der Waals surface area (Å²) < 4.78 is 40.3. The van der Waals surface area contributed by atoms with Gasteiger partial charge in [-0.05, 0) is 34.6 Å². The normalized spacial score (nSPS) is 17.1. The first-order chi connectivity index (χ1) is 17.3. The lowest BCUT2D eigenvalue weighted by Crippen LogP contribution is -2.72. The van der Waals surface area contributed by atoms with Crippen LogP contribution in [0.15, 0.2) is 12.1 Å². The summed E-state index contributed by atoms with van der Waals surface area (Å²) in [5.41, 5.74) is -7.05. The molecule has 0 spiro atoms. The summed E-state index contributed by atoms with van der Waals surface area (Å²) in [5, 5.41) is 29.8. The van der Waals surface area contributed by atoms with Gasteiger partial charge in [0, 0.05) is 24.2 Å². The van der Waals surface area contributed by atoms with Gasteiger partial charge in [0.25, 0.3) is 11.8 Å². The Balaban J connectivity index is 2.11. The van der Waals surface area contributed by atoms with E-state index in [2.05, 4.69) is 4.98 Å². The van der Waals surface area contributed by atoms with Crippen LogP contribution in [-0.2, 0) is 5.60 Å². The van der Waals surface area contributed by atoms with Gasteiger partial charge in [0.15, 0.2) is 10.6 Å². The standard InChI is InChI=1S/C24H28Cl2F3N3O5S/c1-6-31(7-2)19(33)16-17(12-8-9-13(15(26)14(12)25)22(5,36)24(27,28)29)38-18(30-16)20(34)32-10-23(37,11-32)21(3,4)35/h8-9,35-37H,6-7,10-11H2,1-5H3. The Labute approximate surface area is 231 Å². The zero-order valence-electron chi connectivity index (χ0n) is 21.3. The molecule has 1 saturated heterocycles. The van der Waals surface area contributed by atoms with E-state index in [4.69, 9.17) is 23.2 Å². The molecule has 1 aromatic heterocycles. The maximum absolute atomic E-state index is 13.4. The number of aromatic nitrogens is 1. The van der Waals surface area contributed by atoms with Crippen molar-refractivity contribution in [2.24, 2.45) is 0 Å². The number of likely N-dealkylation sites (tertiary alicyclic amines) is 1. The van der Waals surface area contributed by atoms with Crippen LogP contribution in [0.25, 0.3) is 10.4 Å². The SMILES string of the molecule is CCN(CC)C(=O)c1nc(C(=O)N2CC(O)(C(C)(C)O)C2)sc1-c1ccc(C(C)(O)C(F)(F)F)c(Cl)c1Cl. The van der Waals surface area contributed by atoms with Gasteiger partial charge in [-0.25, -0.2) is 4.98 Å². The van der Waals surface area contributed by atoms with Gasteiger partial charge in [0.05, 0.1) is 33.6 Å². The van der Waals surface area contributed by atoms with E-state index in [0.717, 1.165) is 17.4 Å². The highest BCUT2D eigenvalue weighted by Crippen LogP contribution is 2.47. The second kappa shape index (κ2) is 10.2. The van der Waals surface area contributed by atoms with Crippen molar-refractivity contribution >= 4 is 46.4 Å². The first-order valence-electron chi connectivity index (χ1n) is 11.6. The molecule has 0 bridgehead atoms. The van der Waals surface area contributed by atoms with Crippen molar-refractivity contribution < 1.29 is 38.1 Å². The second-order valence-electron chi connectivity index (χ2n) is 9.78. The third kappa shape index (κ3) is 5.14. The van der Waals surface area contributed by atoms with Crippen molar-refractivity contribution in [2.75, 3.05) is 26.2 Å². The predicted molar refractivity (Wildman–Crippen MR) is 138 cm³/mol. The van der Waals surface area contributed by atoms with Crippen molar-refractivity contribution in [3.05, 3.63) is 38.4 Å². The number of β-amino-alcohol motifs (C(OH)–C–C–N with tert-alkyl or cyclic N) is 1. The van der Waals surface area contributed by atoms with Crippen LogP contribution in [-0.4, -0.2) is 85.5 Å². The molecule has 0 saturated carbocycles. The number of thiazole rings is 1. The molecule has 2 aromatic rings. The molecule has 1 aliphatic heterocycles. The molecule has 1 atom stereocenters. The molecule has 210 valence electrons. The fraction of sp³-hybridized carbons (Fsp3) is 0.542. The maximum atomic E-state index is 13.4. The average Bonchev–Trinajstić information content (AvgIpc) is 3.22. The minimum Gasteiger partial charge on any atom is -0.387 e. The molecule has 38 heavy (non-hydrogen) atoms. The van der Waals surface area contributed by atoms with Crippen LogP contribution in [0.1, 0.15) is 60.5 Å². The minimum absolute atomic E-state index is 0.0575. The minimum atomic E-state index is -5.04. The number of alkyl halides is 3. The molecule has 0 radical (unpaired) electrons. The molecule has 1 aromatic carbocycles. The van der Waals surface area contributed by atoms with Gasteiger partial charge in [-0.2, -0.15) is 13.2 Å². The van der Waals surface area contributed by atoms with Gasteiger partial charge in [0.2, 0.25) is 0 Å². The Bertz CT molecular complexity index is 1250. The summed E-state index contributed by atoms with van der Waals surface area (Å²) >= 11 is 13.4. The summed E-state index contributed by atoms with van der Waals surface area (Å²) in [7, 11) is 0. The third-order valence-corrected chi connectivity index (χ3v) is 8.76. The van der Waals surface area contributed by atoms with E-state index >= 15 is 0 Å².